The smallest absolute Gasteiger partial charge is 0.545 e. The first-order valence-electron chi connectivity index (χ1n) is 22.6. The first-order valence-corrected chi connectivity index (χ1v) is 22.6. The molecule has 19 heteroatoms. The SMILES string of the molecule is CCCCCCCCOC(=O)Nc1ccc(C(=O)[O-])c(O)c1.CCCCCCCCOC(=O)Nc1ccc(C(=O)[O-])c(O)c1.CCCCCCCCOC(=O)Nc1ccc(C(=O)[O-])c(O)c1.[Al+3]. The number of rotatable bonds is 27. The minimum absolute atomic E-state index is 0. The molecule has 0 bridgehead atoms. The first-order chi connectivity index (χ1) is 31.6. The van der Waals surface area contributed by atoms with Crippen LogP contribution in [0.1, 0.15) is 167 Å². The number of phenols is 3. The summed E-state index contributed by atoms with van der Waals surface area (Å²) in [5, 5.41) is 67.6. The zero-order valence-corrected chi connectivity index (χ0v) is 40.0. The number of carbonyl (C=O) groups is 6. The fourth-order valence-corrected chi connectivity index (χ4v) is 5.95. The Balaban J connectivity index is 0.000000968. The molecule has 0 saturated carbocycles. The molecule has 6 N–H and O–H groups in total. The average Bonchev–Trinajstić information content (AvgIpc) is 3.25. The van der Waals surface area contributed by atoms with Crippen LogP contribution < -0.4 is 31.3 Å². The zero-order chi connectivity index (χ0) is 49.1. The average molecular weight is 952 g/mol. The van der Waals surface area contributed by atoms with Gasteiger partial charge in [-0.3, -0.25) is 16.0 Å². The summed E-state index contributed by atoms with van der Waals surface area (Å²) in [5.41, 5.74) is -0.204. The van der Waals surface area contributed by atoms with Crippen LogP contribution in [0.15, 0.2) is 54.6 Å². The summed E-state index contributed by atoms with van der Waals surface area (Å²) < 4.78 is 15.0. The van der Waals surface area contributed by atoms with Gasteiger partial charge in [-0.1, -0.05) is 117 Å². The second-order valence-electron chi connectivity index (χ2n) is 15.1. The molecular weight excluding hydrogens is 886 g/mol. The number of amides is 3. The molecule has 0 heterocycles. The predicted molar refractivity (Wildman–Crippen MR) is 248 cm³/mol. The molecule has 0 aliphatic heterocycles. The van der Waals surface area contributed by atoms with Gasteiger partial charge in [-0.25, -0.2) is 14.4 Å². The van der Waals surface area contributed by atoms with Gasteiger partial charge in [-0.15, -0.1) is 0 Å². The van der Waals surface area contributed by atoms with Gasteiger partial charge in [0.1, 0.15) is 17.2 Å². The Hall–Kier alpha value is -6.19. The van der Waals surface area contributed by atoms with Gasteiger partial charge in [0, 0.05) is 52.0 Å². The van der Waals surface area contributed by atoms with Crippen LogP contribution in [0.5, 0.6) is 17.2 Å². The fraction of sp³-hybridized carbons (Fsp3) is 0.500. The number of carbonyl (C=O) groups excluding carboxylic acids is 6. The molecule has 0 spiro atoms. The van der Waals surface area contributed by atoms with Crippen LogP contribution in [0.3, 0.4) is 0 Å². The van der Waals surface area contributed by atoms with E-state index in [0.29, 0.717) is 19.8 Å². The molecule has 0 aliphatic rings. The van der Waals surface area contributed by atoms with Gasteiger partial charge >= 0.3 is 35.6 Å². The van der Waals surface area contributed by atoms with Crippen LogP contribution in [0.25, 0.3) is 0 Å². The van der Waals surface area contributed by atoms with E-state index in [1.807, 2.05) is 0 Å². The molecule has 3 amide bonds. The van der Waals surface area contributed by atoms with E-state index in [-0.39, 0.29) is 51.1 Å². The summed E-state index contributed by atoms with van der Waals surface area (Å²) in [6, 6.07) is 11.0. The third kappa shape index (κ3) is 28.5. The number of aromatic carboxylic acids is 3. The molecule has 0 aromatic heterocycles. The minimum atomic E-state index is -1.48. The predicted octanol–water partition coefficient (Wildman–Crippen LogP) is 7.61. The molecule has 3 aromatic rings. The van der Waals surface area contributed by atoms with Crippen molar-refractivity contribution >= 4 is 70.6 Å². The molecule has 0 fully saturated rings. The van der Waals surface area contributed by atoms with E-state index >= 15 is 0 Å². The molecule has 3 rings (SSSR count). The standard InChI is InChI=1S/3C16H23NO5.Al/c3*1-2-3-4-5-6-7-10-22-16(21)17-12-8-9-13(15(19)20)14(18)11-12;/h3*8-9,11,18H,2-7,10H2,1H3,(H,17,21)(H,19,20);/q;;;+3/p-3. The van der Waals surface area contributed by atoms with Crippen LogP contribution in [0, 0.1) is 0 Å². The van der Waals surface area contributed by atoms with Gasteiger partial charge in [0.25, 0.3) is 0 Å². The number of aromatic hydroxyl groups is 3. The van der Waals surface area contributed by atoms with E-state index < -0.39 is 53.4 Å². The summed E-state index contributed by atoms with van der Waals surface area (Å²) in [6.07, 6.45) is 17.9. The Morgan fingerprint density at radius 3 is 0.836 bits per heavy atom. The number of benzene rings is 3. The Morgan fingerprint density at radius 2 is 0.627 bits per heavy atom. The van der Waals surface area contributed by atoms with Gasteiger partial charge in [0.15, 0.2) is 0 Å². The van der Waals surface area contributed by atoms with Crippen LogP contribution in [0.2, 0.25) is 0 Å². The Kier molecular flexibility index (Phi) is 33.6. The monoisotopic (exact) mass is 951 g/mol. The molecule has 18 nitrogen and oxygen atoms in total. The number of carboxylic acid groups (broad SMARTS) is 3. The summed E-state index contributed by atoms with van der Waals surface area (Å²) in [5.74, 6) is -5.82. The van der Waals surface area contributed by atoms with Crippen molar-refractivity contribution in [1.29, 1.82) is 0 Å². The number of hydrogen-bond acceptors (Lipinski definition) is 15. The second kappa shape index (κ2) is 37.0. The maximum absolute atomic E-state index is 11.5. The minimum Gasteiger partial charge on any atom is -0.545 e. The molecule has 0 atom stereocenters. The summed E-state index contributed by atoms with van der Waals surface area (Å²) in [7, 11) is 0. The van der Waals surface area contributed by atoms with Gasteiger partial charge in [0.2, 0.25) is 0 Å². The number of unbranched alkanes of at least 4 members (excludes halogenated alkanes) is 15. The van der Waals surface area contributed by atoms with Crippen molar-refractivity contribution in [2.75, 3.05) is 35.8 Å². The van der Waals surface area contributed by atoms with Crippen molar-refractivity contribution in [3.63, 3.8) is 0 Å². The summed E-state index contributed by atoms with van der Waals surface area (Å²) in [4.78, 5) is 66.5. The van der Waals surface area contributed by atoms with Gasteiger partial charge in [0.05, 0.1) is 37.7 Å². The van der Waals surface area contributed by atoms with E-state index in [1.165, 1.54) is 76.0 Å². The third-order valence-electron chi connectivity index (χ3n) is 9.59. The number of hydrogen-bond donors (Lipinski definition) is 6. The third-order valence-corrected chi connectivity index (χ3v) is 9.59. The zero-order valence-electron chi connectivity index (χ0n) is 38.9. The largest absolute Gasteiger partial charge is 3.00 e. The molecule has 3 aromatic carbocycles. The molecule has 67 heavy (non-hydrogen) atoms. The normalized spacial score (nSPS) is 10.1. The molecule has 366 valence electrons. The topological polar surface area (TPSA) is 296 Å². The van der Waals surface area contributed by atoms with Crippen LogP contribution >= 0.6 is 0 Å². The molecule has 0 saturated heterocycles. The van der Waals surface area contributed by atoms with Crippen molar-refractivity contribution in [3.8, 4) is 17.2 Å². The Labute approximate surface area is 403 Å². The number of anilines is 3. The van der Waals surface area contributed by atoms with Crippen LogP contribution in [0.4, 0.5) is 31.4 Å². The van der Waals surface area contributed by atoms with Crippen LogP contribution in [-0.4, -0.2) is 88.7 Å². The number of ether oxygens (including phenoxy) is 3. The van der Waals surface area contributed by atoms with Crippen molar-refractivity contribution in [2.24, 2.45) is 0 Å². The number of carboxylic acids is 3. The van der Waals surface area contributed by atoms with E-state index in [0.717, 1.165) is 94.2 Å². The van der Waals surface area contributed by atoms with Crippen molar-refractivity contribution in [2.45, 2.75) is 136 Å². The second-order valence-corrected chi connectivity index (χ2v) is 15.1. The van der Waals surface area contributed by atoms with Crippen molar-refractivity contribution in [3.05, 3.63) is 71.3 Å². The fourth-order valence-electron chi connectivity index (χ4n) is 5.95. The maximum Gasteiger partial charge on any atom is 3.00 e. The van der Waals surface area contributed by atoms with E-state index in [9.17, 15) is 59.4 Å². The van der Waals surface area contributed by atoms with Crippen LogP contribution in [-0.2, 0) is 14.2 Å². The van der Waals surface area contributed by atoms with Crippen molar-refractivity contribution < 1.29 is 73.6 Å². The van der Waals surface area contributed by atoms with E-state index in [2.05, 4.69) is 36.7 Å². The molecule has 0 radical (unpaired) electrons. The quantitative estimate of drug-likeness (QED) is 0.0243. The summed E-state index contributed by atoms with van der Waals surface area (Å²) >= 11 is 0. The van der Waals surface area contributed by atoms with Gasteiger partial charge in [-0.05, 0) is 55.7 Å². The van der Waals surface area contributed by atoms with E-state index in [1.54, 1.807) is 0 Å². The Bertz CT molecular complexity index is 1730. The Morgan fingerprint density at radius 1 is 0.403 bits per heavy atom. The summed E-state index contributed by atoms with van der Waals surface area (Å²) in [6.45, 7) is 7.48. The first kappa shape index (κ1) is 60.8. The van der Waals surface area contributed by atoms with E-state index in [4.69, 9.17) is 14.2 Å². The maximum atomic E-state index is 11.5. The van der Waals surface area contributed by atoms with Gasteiger partial charge in [-0.2, -0.15) is 0 Å². The number of nitrogens with one attached hydrogen (secondary N) is 3. The molecular formula is C48H66AlN3O15. The van der Waals surface area contributed by atoms with Gasteiger partial charge < -0.3 is 59.2 Å². The molecule has 0 unspecified atom stereocenters. The molecule has 0 aliphatic carbocycles. The van der Waals surface area contributed by atoms with Crippen molar-refractivity contribution in [1.82, 2.24) is 0 Å².